The standard InChI is InChI=1S/C27H40N2/c1-5-8-15-25(14-6-2)18-12-20-27-23-28(24(4)29(27)21-7-3)22-13-19-26-16-10-9-11-17-26/h6-7,9-11,14,16-18,27H,3-5,8,12-13,15,19-23H2,1-2H3/b14-6-,25-18+. The number of hydrogen-bond acceptors (Lipinski definition) is 2. The van der Waals surface area contributed by atoms with Gasteiger partial charge >= 0.3 is 0 Å². The van der Waals surface area contributed by atoms with E-state index in [0.717, 1.165) is 32.5 Å². The predicted octanol–water partition coefficient (Wildman–Crippen LogP) is 6.74. The molecule has 1 aromatic rings. The van der Waals surface area contributed by atoms with Gasteiger partial charge in [0.1, 0.15) is 0 Å². The predicted molar refractivity (Wildman–Crippen MR) is 128 cm³/mol. The monoisotopic (exact) mass is 392 g/mol. The van der Waals surface area contributed by atoms with Gasteiger partial charge in [-0.15, -0.1) is 6.58 Å². The molecule has 2 heteroatoms. The van der Waals surface area contributed by atoms with Gasteiger partial charge in [0.15, 0.2) is 0 Å². The number of aryl methyl sites for hydroxylation is 1. The molecular formula is C27H40N2. The van der Waals surface area contributed by atoms with E-state index in [9.17, 15) is 0 Å². The summed E-state index contributed by atoms with van der Waals surface area (Å²) in [5.41, 5.74) is 2.91. The van der Waals surface area contributed by atoms with E-state index in [-0.39, 0.29) is 0 Å². The summed E-state index contributed by atoms with van der Waals surface area (Å²) in [4.78, 5) is 4.93. The lowest BCUT2D eigenvalue weighted by atomic mass is 10.0. The molecule has 0 N–H and O–H groups in total. The maximum atomic E-state index is 4.40. The van der Waals surface area contributed by atoms with Crippen LogP contribution in [0.2, 0.25) is 0 Å². The van der Waals surface area contributed by atoms with Crippen molar-refractivity contribution < 1.29 is 0 Å². The molecule has 1 fully saturated rings. The summed E-state index contributed by atoms with van der Waals surface area (Å²) in [5, 5.41) is 0. The smallest absolute Gasteiger partial charge is 0.0971 e. The van der Waals surface area contributed by atoms with Gasteiger partial charge in [0.25, 0.3) is 0 Å². The zero-order valence-electron chi connectivity index (χ0n) is 18.7. The molecule has 0 saturated carbocycles. The first-order valence-electron chi connectivity index (χ1n) is 11.4. The molecule has 1 atom stereocenters. The summed E-state index contributed by atoms with van der Waals surface area (Å²) in [6.45, 7) is 15.8. The van der Waals surface area contributed by atoms with Crippen LogP contribution in [0.25, 0.3) is 0 Å². The third-order valence-corrected chi connectivity index (χ3v) is 5.74. The van der Waals surface area contributed by atoms with Gasteiger partial charge in [0.2, 0.25) is 0 Å². The topological polar surface area (TPSA) is 6.48 Å². The van der Waals surface area contributed by atoms with Crippen LogP contribution in [0.4, 0.5) is 0 Å². The molecule has 1 saturated heterocycles. The highest BCUT2D eigenvalue weighted by Crippen LogP contribution is 2.26. The lowest BCUT2D eigenvalue weighted by Gasteiger charge is -2.25. The van der Waals surface area contributed by atoms with Gasteiger partial charge in [-0.1, -0.05) is 80.1 Å². The zero-order chi connectivity index (χ0) is 20.9. The minimum absolute atomic E-state index is 0.534. The second kappa shape index (κ2) is 13.1. The molecule has 0 aliphatic carbocycles. The van der Waals surface area contributed by atoms with Crippen molar-refractivity contribution in [1.29, 1.82) is 0 Å². The van der Waals surface area contributed by atoms with Crippen LogP contribution in [0, 0.1) is 0 Å². The van der Waals surface area contributed by atoms with Crippen LogP contribution in [0.1, 0.15) is 57.9 Å². The molecule has 0 spiro atoms. The van der Waals surface area contributed by atoms with Gasteiger partial charge < -0.3 is 9.80 Å². The largest absolute Gasteiger partial charge is 0.357 e. The molecule has 1 aromatic carbocycles. The molecular weight excluding hydrogens is 352 g/mol. The fraction of sp³-hybridized carbons (Fsp3) is 0.481. The van der Waals surface area contributed by atoms with Gasteiger partial charge in [-0.25, -0.2) is 0 Å². The van der Waals surface area contributed by atoms with Crippen LogP contribution in [0.15, 0.2) is 79.2 Å². The third-order valence-electron chi connectivity index (χ3n) is 5.74. The Balaban J connectivity index is 1.89. The second-order valence-corrected chi connectivity index (χ2v) is 8.01. The Labute approximate surface area is 179 Å². The molecule has 0 amide bonds. The molecule has 1 aliphatic rings. The number of nitrogens with zero attached hydrogens (tertiary/aromatic N) is 2. The summed E-state index contributed by atoms with van der Waals surface area (Å²) in [6.07, 6.45) is 17.2. The highest BCUT2D eigenvalue weighted by molar-refractivity contribution is 5.18. The molecule has 1 aliphatic heterocycles. The molecule has 0 radical (unpaired) electrons. The van der Waals surface area contributed by atoms with E-state index in [1.54, 1.807) is 0 Å². The van der Waals surface area contributed by atoms with Crippen LogP contribution in [0.3, 0.4) is 0 Å². The summed E-state index contributed by atoms with van der Waals surface area (Å²) in [7, 11) is 0. The van der Waals surface area contributed by atoms with E-state index in [1.807, 2.05) is 6.08 Å². The second-order valence-electron chi connectivity index (χ2n) is 8.01. The summed E-state index contributed by atoms with van der Waals surface area (Å²) in [5.74, 6) is 1.17. The van der Waals surface area contributed by atoms with E-state index in [0.29, 0.717) is 6.04 Å². The average Bonchev–Trinajstić information content (AvgIpc) is 3.02. The average molecular weight is 393 g/mol. The van der Waals surface area contributed by atoms with E-state index in [4.69, 9.17) is 0 Å². The van der Waals surface area contributed by atoms with Crippen LogP contribution < -0.4 is 0 Å². The molecule has 2 nitrogen and oxygen atoms in total. The number of benzene rings is 1. The van der Waals surface area contributed by atoms with Crippen LogP contribution in [-0.2, 0) is 6.42 Å². The van der Waals surface area contributed by atoms with E-state index < -0.39 is 0 Å². The van der Waals surface area contributed by atoms with Gasteiger partial charge in [-0.05, 0) is 51.0 Å². The highest BCUT2D eigenvalue weighted by Gasteiger charge is 2.30. The minimum Gasteiger partial charge on any atom is -0.357 e. The van der Waals surface area contributed by atoms with E-state index >= 15 is 0 Å². The molecule has 29 heavy (non-hydrogen) atoms. The fourth-order valence-electron chi connectivity index (χ4n) is 4.14. The maximum absolute atomic E-state index is 4.40. The summed E-state index contributed by atoms with van der Waals surface area (Å²) >= 11 is 0. The molecule has 0 aromatic heterocycles. The summed E-state index contributed by atoms with van der Waals surface area (Å²) in [6, 6.07) is 11.3. The van der Waals surface area contributed by atoms with Gasteiger partial charge in [-0.3, -0.25) is 0 Å². The quantitative estimate of drug-likeness (QED) is 0.271. The molecule has 158 valence electrons. The first kappa shape index (κ1) is 23.1. The van der Waals surface area contributed by atoms with Crippen molar-refractivity contribution in [2.75, 3.05) is 19.6 Å². The number of allylic oxidation sites excluding steroid dienone is 4. The first-order chi connectivity index (χ1) is 14.2. The Kier molecular flexibility index (Phi) is 10.4. The number of unbranched alkanes of at least 4 members (excludes halogenated alkanes) is 1. The van der Waals surface area contributed by atoms with Gasteiger partial charge in [0, 0.05) is 25.7 Å². The van der Waals surface area contributed by atoms with Crippen molar-refractivity contribution in [2.24, 2.45) is 0 Å². The molecule has 1 heterocycles. The first-order valence-corrected chi connectivity index (χ1v) is 11.4. The molecule has 0 bridgehead atoms. The maximum Gasteiger partial charge on any atom is 0.0971 e. The summed E-state index contributed by atoms with van der Waals surface area (Å²) < 4.78 is 0. The lowest BCUT2D eigenvalue weighted by Crippen LogP contribution is -2.29. The number of hydrogen-bond donors (Lipinski definition) is 0. The van der Waals surface area contributed by atoms with E-state index in [2.05, 4.69) is 85.4 Å². The van der Waals surface area contributed by atoms with E-state index in [1.165, 1.54) is 49.1 Å². The van der Waals surface area contributed by atoms with Crippen molar-refractivity contribution in [3.8, 4) is 0 Å². The molecule has 1 unspecified atom stereocenters. The SMILES string of the molecule is C=CCN1C(=C)N(CCCc2ccccc2)CC1CC/C=C(\C=C/C)CCCC. The van der Waals surface area contributed by atoms with Crippen molar-refractivity contribution in [1.82, 2.24) is 9.80 Å². The Morgan fingerprint density at radius 3 is 2.69 bits per heavy atom. The van der Waals surface area contributed by atoms with Gasteiger partial charge in [-0.2, -0.15) is 0 Å². The third kappa shape index (κ3) is 7.61. The fourth-order valence-corrected chi connectivity index (χ4v) is 4.14. The highest BCUT2D eigenvalue weighted by atomic mass is 15.4. The number of rotatable bonds is 13. The Hall–Kier alpha value is -2.22. The minimum atomic E-state index is 0.534. The Bertz CT molecular complexity index is 671. The van der Waals surface area contributed by atoms with Crippen molar-refractivity contribution in [3.63, 3.8) is 0 Å². The Morgan fingerprint density at radius 2 is 2.00 bits per heavy atom. The zero-order valence-corrected chi connectivity index (χ0v) is 18.7. The van der Waals surface area contributed by atoms with Crippen molar-refractivity contribution in [2.45, 2.75) is 64.8 Å². The Morgan fingerprint density at radius 1 is 1.21 bits per heavy atom. The van der Waals surface area contributed by atoms with Crippen molar-refractivity contribution in [3.05, 3.63) is 84.8 Å². The van der Waals surface area contributed by atoms with Crippen LogP contribution >= 0.6 is 0 Å². The van der Waals surface area contributed by atoms with Crippen LogP contribution in [-0.4, -0.2) is 35.5 Å². The normalized spacial score (nSPS) is 17.5. The van der Waals surface area contributed by atoms with Gasteiger partial charge in [0.05, 0.1) is 5.82 Å². The lowest BCUT2D eigenvalue weighted by molar-refractivity contribution is 0.314. The van der Waals surface area contributed by atoms with Crippen molar-refractivity contribution >= 4 is 0 Å². The molecule has 2 rings (SSSR count). The van der Waals surface area contributed by atoms with Crippen LogP contribution in [0.5, 0.6) is 0 Å².